The second-order valence-electron chi connectivity index (χ2n) is 4.08. The summed E-state index contributed by atoms with van der Waals surface area (Å²) in [4.78, 5) is 1.93. The summed E-state index contributed by atoms with van der Waals surface area (Å²) in [5.74, 6) is 1.32. The Bertz CT molecular complexity index is 131. The molecule has 0 radical (unpaired) electrons. The Morgan fingerprint density at radius 1 is 1.17 bits per heavy atom. The Morgan fingerprint density at radius 2 is 1.50 bits per heavy atom. The SMILES string of the molecule is CC(C)CN(CC(C)C)C(=N)N. The molecule has 0 aromatic heterocycles. The average Bonchev–Trinajstić information content (AvgIpc) is 1.83. The number of nitrogens with zero attached hydrogens (tertiary/aromatic N) is 1. The fraction of sp³-hybridized carbons (Fsp3) is 0.889. The van der Waals surface area contributed by atoms with Crippen LogP contribution >= 0.6 is 0 Å². The molecule has 0 amide bonds. The van der Waals surface area contributed by atoms with Crippen LogP contribution in [0.4, 0.5) is 0 Å². The second-order valence-corrected chi connectivity index (χ2v) is 4.08. The van der Waals surface area contributed by atoms with Gasteiger partial charge in [0.2, 0.25) is 0 Å². The Kier molecular flexibility index (Phi) is 4.71. The lowest BCUT2D eigenvalue weighted by Crippen LogP contribution is -2.41. The molecule has 0 saturated carbocycles. The Morgan fingerprint density at radius 3 is 1.67 bits per heavy atom. The van der Waals surface area contributed by atoms with Crippen molar-refractivity contribution in [1.82, 2.24) is 4.90 Å². The number of nitrogens with two attached hydrogens (primary N) is 1. The van der Waals surface area contributed by atoms with Gasteiger partial charge in [0.05, 0.1) is 0 Å². The Hall–Kier alpha value is -0.730. The van der Waals surface area contributed by atoms with E-state index >= 15 is 0 Å². The zero-order chi connectivity index (χ0) is 9.72. The molecular weight excluding hydrogens is 150 g/mol. The third-order valence-corrected chi connectivity index (χ3v) is 1.51. The number of rotatable bonds is 4. The average molecular weight is 171 g/mol. The zero-order valence-corrected chi connectivity index (χ0v) is 8.59. The molecular formula is C9H21N3. The van der Waals surface area contributed by atoms with Gasteiger partial charge < -0.3 is 10.6 Å². The highest BCUT2D eigenvalue weighted by atomic mass is 15.2. The third kappa shape index (κ3) is 4.99. The standard InChI is InChI=1S/C9H21N3/c1-7(2)5-12(9(10)11)6-8(3)4/h7-8H,5-6H2,1-4H3,(H3,10,11). The summed E-state index contributed by atoms with van der Waals surface area (Å²) in [6, 6.07) is 0. The van der Waals surface area contributed by atoms with Crippen molar-refractivity contribution in [3.05, 3.63) is 0 Å². The lowest BCUT2D eigenvalue weighted by Gasteiger charge is -2.26. The van der Waals surface area contributed by atoms with Gasteiger partial charge in [-0.2, -0.15) is 0 Å². The molecule has 0 fully saturated rings. The predicted molar refractivity (Wildman–Crippen MR) is 53.2 cm³/mol. The van der Waals surface area contributed by atoms with Gasteiger partial charge in [-0.3, -0.25) is 5.41 Å². The molecule has 3 N–H and O–H groups in total. The topological polar surface area (TPSA) is 53.1 Å². The van der Waals surface area contributed by atoms with E-state index in [1.54, 1.807) is 0 Å². The van der Waals surface area contributed by atoms with Crippen LogP contribution in [-0.4, -0.2) is 23.9 Å². The van der Waals surface area contributed by atoms with E-state index in [1.165, 1.54) is 0 Å². The maximum Gasteiger partial charge on any atom is 0.188 e. The van der Waals surface area contributed by atoms with Gasteiger partial charge in [-0.1, -0.05) is 27.7 Å². The lowest BCUT2D eigenvalue weighted by atomic mass is 10.1. The van der Waals surface area contributed by atoms with Crippen LogP contribution in [0.5, 0.6) is 0 Å². The van der Waals surface area contributed by atoms with Crippen LogP contribution in [-0.2, 0) is 0 Å². The van der Waals surface area contributed by atoms with Crippen molar-refractivity contribution in [3.63, 3.8) is 0 Å². The summed E-state index contributed by atoms with van der Waals surface area (Å²) >= 11 is 0. The molecule has 0 aromatic carbocycles. The monoisotopic (exact) mass is 171 g/mol. The molecule has 0 spiro atoms. The van der Waals surface area contributed by atoms with E-state index in [-0.39, 0.29) is 5.96 Å². The molecule has 12 heavy (non-hydrogen) atoms. The molecule has 0 bridgehead atoms. The van der Waals surface area contributed by atoms with Crippen LogP contribution in [0.25, 0.3) is 0 Å². The fourth-order valence-corrected chi connectivity index (χ4v) is 1.15. The molecule has 0 aliphatic rings. The van der Waals surface area contributed by atoms with E-state index in [9.17, 15) is 0 Å². The highest BCUT2D eigenvalue weighted by molar-refractivity contribution is 5.74. The van der Waals surface area contributed by atoms with Crippen LogP contribution in [0.15, 0.2) is 0 Å². The predicted octanol–water partition coefficient (Wildman–Crippen LogP) is 1.49. The maximum absolute atomic E-state index is 7.34. The number of guanidine groups is 1. The minimum atomic E-state index is 0.192. The Balaban J connectivity index is 3.96. The summed E-state index contributed by atoms with van der Waals surface area (Å²) < 4.78 is 0. The van der Waals surface area contributed by atoms with Crippen LogP contribution in [0.1, 0.15) is 27.7 Å². The minimum Gasteiger partial charge on any atom is -0.370 e. The quantitative estimate of drug-likeness (QED) is 0.497. The van der Waals surface area contributed by atoms with Gasteiger partial charge in [0.15, 0.2) is 5.96 Å². The fourth-order valence-electron chi connectivity index (χ4n) is 1.15. The summed E-state index contributed by atoms with van der Waals surface area (Å²) in [6.45, 7) is 10.3. The van der Waals surface area contributed by atoms with Crippen LogP contribution in [0, 0.1) is 17.2 Å². The Labute approximate surface area is 75.4 Å². The largest absolute Gasteiger partial charge is 0.370 e. The molecule has 0 unspecified atom stereocenters. The molecule has 0 aliphatic carbocycles. The van der Waals surface area contributed by atoms with Crippen LogP contribution in [0.3, 0.4) is 0 Å². The maximum atomic E-state index is 7.34. The summed E-state index contributed by atoms with van der Waals surface area (Å²) in [7, 11) is 0. The van der Waals surface area contributed by atoms with Crippen molar-refractivity contribution in [3.8, 4) is 0 Å². The number of hydrogen-bond acceptors (Lipinski definition) is 1. The molecule has 0 atom stereocenters. The highest BCUT2D eigenvalue weighted by Crippen LogP contribution is 2.02. The van der Waals surface area contributed by atoms with Gasteiger partial charge in [-0.05, 0) is 11.8 Å². The molecule has 0 saturated heterocycles. The van der Waals surface area contributed by atoms with Gasteiger partial charge >= 0.3 is 0 Å². The van der Waals surface area contributed by atoms with E-state index in [2.05, 4.69) is 27.7 Å². The second kappa shape index (κ2) is 5.01. The van der Waals surface area contributed by atoms with E-state index in [0.29, 0.717) is 11.8 Å². The first-order valence-electron chi connectivity index (χ1n) is 4.52. The van der Waals surface area contributed by atoms with Gasteiger partial charge in [-0.15, -0.1) is 0 Å². The van der Waals surface area contributed by atoms with Gasteiger partial charge in [-0.25, -0.2) is 0 Å². The first kappa shape index (κ1) is 11.3. The molecule has 3 nitrogen and oxygen atoms in total. The number of hydrogen-bond donors (Lipinski definition) is 2. The van der Waals surface area contributed by atoms with Crippen molar-refractivity contribution >= 4 is 5.96 Å². The normalized spacial score (nSPS) is 10.8. The first-order chi connectivity index (χ1) is 5.43. The van der Waals surface area contributed by atoms with E-state index < -0.39 is 0 Å². The minimum absolute atomic E-state index is 0.192. The van der Waals surface area contributed by atoms with Gasteiger partial charge in [0.25, 0.3) is 0 Å². The molecule has 0 rings (SSSR count). The van der Waals surface area contributed by atoms with E-state index in [0.717, 1.165) is 13.1 Å². The van der Waals surface area contributed by atoms with E-state index in [4.69, 9.17) is 11.1 Å². The molecule has 0 aliphatic heterocycles. The summed E-state index contributed by atoms with van der Waals surface area (Å²) in [5.41, 5.74) is 5.44. The van der Waals surface area contributed by atoms with Crippen molar-refractivity contribution in [2.24, 2.45) is 17.6 Å². The summed E-state index contributed by atoms with van der Waals surface area (Å²) in [5, 5.41) is 7.34. The molecule has 0 heterocycles. The van der Waals surface area contributed by atoms with Crippen molar-refractivity contribution < 1.29 is 0 Å². The van der Waals surface area contributed by atoms with Crippen LogP contribution in [0.2, 0.25) is 0 Å². The van der Waals surface area contributed by atoms with Gasteiger partial charge in [0.1, 0.15) is 0 Å². The molecule has 72 valence electrons. The molecule has 3 heteroatoms. The first-order valence-corrected chi connectivity index (χ1v) is 4.52. The van der Waals surface area contributed by atoms with Crippen LogP contribution < -0.4 is 5.73 Å². The lowest BCUT2D eigenvalue weighted by molar-refractivity contribution is 0.323. The summed E-state index contributed by atoms with van der Waals surface area (Å²) in [6.07, 6.45) is 0. The zero-order valence-electron chi connectivity index (χ0n) is 8.59. The third-order valence-electron chi connectivity index (χ3n) is 1.51. The van der Waals surface area contributed by atoms with E-state index in [1.807, 2.05) is 4.90 Å². The van der Waals surface area contributed by atoms with Crippen molar-refractivity contribution in [1.29, 1.82) is 5.41 Å². The van der Waals surface area contributed by atoms with Crippen molar-refractivity contribution in [2.75, 3.05) is 13.1 Å². The van der Waals surface area contributed by atoms with Gasteiger partial charge in [0, 0.05) is 13.1 Å². The smallest absolute Gasteiger partial charge is 0.188 e. The highest BCUT2D eigenvalue weighted by Gasteiger charge is 2.09. The van der Waals surface area contributed by atoms with Crippen molar-refractivity contribution in [2.45, 2.75) is 27.7 Å². The number of nitrogens with one attached hydrogen (secondary N) is 1. The molecule has 0 aromatic rings.